The Kier molecular flexibility index (Phi) is 2.71. The number of nitrogens with two attached hydrogens (primary N) is 1. The van der Waals surface area contributed by atoms with Crippen LogP contribution in [0.5, 0.6) is 0 Å². The first-order valence-corrected chi connectivity index (χ1v) is 7.40. The van der Waals surface area contributed by atoms with E-state index in [2.05, 4.69) is 54.0 Å². The van der Waals surface area contributed by atoms with Crippen LogP contribution in [-0.4, -0.2) is 10.9 Å². The summed E-state index contributed by atoms with van der Waals surface area (Å²) in [5.74, 6) is 1.25. The molecule has 0 amide bonds. The molecule has 0 saturated carbocycles. The smallest absolute Gasteiger partial charge is 0.357 e. The Morgan fingerprint density at radius 1 is 1.14 bits per heavy atom. The summed E-state index contributed by atoms with van der Waals surface area (Å²) >= 11 is 3.51. The molecule has 0 aliphatic carbocycles. The number of nitrogens with zero attached hydrogens (tertiary/aromatic N) is 2. The molecular weight excluding hydrogens is 330 g/mol. The van der Waals surface area contributed by atoms with Crippen LogP contribution >= 0.6 is 15.9 Å². The fourth-order valence-corrected chi connectivity index (χ4v) is 3.09. The van der Waals surface area contributed by atoms with Gasteiger partial charge in [-0.2, -0.15) is 4.99 Å². The van der Waals surface area contributed by atoms with E-state index in [0.717, 1.165) is 27.0 Å². The van der Waals surface area contributed by atoms with Crippen LogP contribution in [0.15, 0.2) is 58.0 Å². The monoisotopic (exact) mass is 342 g/mol. The maximum absolute atomic E-state index is 5.93. The summed E-state index contributed by atoms with van der Waals surface area (Å²) in [4.78, 5) is 7.90. The fraction of sp³-hybridized carbons (Fsp3) is 0.0667. The molecule has 0 unspecified atom stereocenters. The second-order valence-electron chi connectivity index (χ2n) is 4.93. The molecule has 1 aliphatic rings. The van der Waals surface area contributed by atoms with Crippen molar-refractivity contribution in [2.24, 2.45) is 10.7 Å². The van der Waals surface area contributed by atoms with E-state index in [1.165, 1.54) is 0 Å². The molecule has 1 aromatic heterocycles. The van der Waals surface area contributed by atoms with E-state index in [1.54, 1.807) is 0 Å². The number of imidazole rings is 1. The molecule has 0 radical (unpaired) electrons. The van der Waals surface area contributed by atoms with Gasteiger partial charge in [0.05, 0.1) is 0 Å². The molecule has 5 nitrogen and oxygen atoms in total. The zero-order chi connectivity index (χ0) is 14.4. The van der Waals surface area contributed by atoms with E-state index in [9.17, 15) is 0 Å². The van der Waals surface area contributed by atoms with Crippen molar-refractivity contribution in [3.8, 4) is 0 Å². The number of aromatic amines is 1. The van der Waals surface area contributed by atoms with Crippen molar-refractivity contribution in [2.75, 3.05) is 5.32 Å². The van der Waals surface area contributed by atoms with E-state index in [0.29, 0.717) is 5.96 Å². The van der Waals surface area contributed by atoms with Crippen molar-refractivity contribution >= 4 is 38.9 Å². The Labute approximate surface area is 129 Å². The van der Waals surface area contributed by atoms with Crippen LogP contribution in [0.25, 0.3) is 11.0 Å². The number of rotatable bonds is 1. The predicted octanol–water partition coefficient (Wildman–Crippen LogP) is 2.50. The highest BCUT2D eigenvalue weighted by molar-refractivity contribution is 9.10. The van der Waals surface area contributed by atoms with Crippen molar-refractivity contribution in [2.45, 2.75) is 6.17 Å². The highest BCUT2D eigenvalue weighted by atomic mass is 79.9. The van der Waals surface area contributed by atoms with Gasteiger partial charge in [-0.15, -0.1) is 0 Å². The zero-order valence-electron chi connectivity index (χ0n) is 11.0. The molecular formula is C15H13BrN5+. The molecule has 0 fully saturated rings. The summed E-state index contributed by atoms with van der Waals surface area (Å²) in [5, 5.41) is 3.09. The highest BCUT2D eigenvalue weighted by Gasteiger charge is 2.30. The summed E-state index contributed by atoms with van der Waals surface area (Å²) in [7, 11) is 0. The molecule has 21 heavy (non-hydrogen) atoms. The van der Waals surface area contributed by atoms with Gasteiger partial charge in [0, 0.05) is 10.0 Å². The first-order chi connectivity index (χ1) is 10.2. The molecule has 4 rings (SSSR count). The minimum absolute atomic E-state index is 0.185. The second kappa shape index (κ2) is 4.60. The van der Waals surface area contributed by atoms with Gasteiger partial charge in [0.15, 0.2) is 0 Å². The molecule has 1 atom stereocenters. The highest BCUT2D eigenvalue weighted by Crippen LogP contribution is 2.25. The first-order valence-electron chi connectivity index (χ1n) is 6.60. The van der Waals surface area contributed by atoms with E-state index in [-0.39, 0.29) is 6.17 Å². The number of hydrogen-bond donors (Lipinski definition) is 3. The molecule has 1 aliphatic heterocycles. The summed E-state index contributed by atoms with van der Waals surface area (Å²) < 4.78 is 3.14. The van der Waals surface area contributed by atoms with Crippen molar-refractivity contribution in [1.82, 2.24) is 4.98 Å². The third kappa shape index (κ3) is 1.99. The number of hydrogen-bond acceptors (Lipinski definition) is 3. The summed E-state index contributed by atoms with van der Waals surface area (Å²) in [6.07, 6.45) is -0.185. The number of fused-ring (bicyclic) bond motifs is 3. The summed E-state index contributed by atoms with van der Waals surface area (Å²) in [5.41, 5.74) is 9.14. The molecule has 6 heteroatoms. The maximum Gasteiger partial charge on any atom is 0.365 e. The Balaban J connectivity index is 1.97. The molecule has 3 aromatic rings. The van der Waals surface area contributed by atoms with E-state index < -0.39 is 0 Å². The SMILES string of the molecule is NC1=N[C@@H](c2cccc(Br)c2)[n+]2c([nH]c3ccccc32)N1. The van der Waals surface area contributed by atoms with Gasteiger partial charge in [0.25, 0.3) is 5.96 Å². The Hall–Kier alpha value is -2.34. The van der Waals surface area contributed by atoms with Crippen molar-refractivity contribution in [3.05, 3.63) is 58.6 Å². The van der Waals surface area contributed by atoms with Gasteiger partial charge >= 0.3 is 5.95 Å². The van der Waals surface area contributed by atoms with Gasteiger partial charge in [0.1, 0.15) is 11.0 Å². The number of nitrogens with one attached hydrogen (secondary N) is 2. The van der Waals surface area contributed by atoms with Crippen LogP contribution in [0, 0.1) is 0 Å². The number of benzene rings is 2. The lowest BCUT2D eigenvalue weighted by molar-refractivity contribution is -0.674. The number of anilines is 1. The lowest BCUT2D eigenvalue weighted by atomic mass is 10.1. The van der Waals surface area contributed by atoms with E-state index >= 15 is 0 Å². The summed E-state index contributed by atoms with van der Waals surface area (Å²) in [6, 6.07) is 16.2. The lowest BCUT2D eigenvalue weighted by Crippen LogP contribution is -2.48. The van der Waals surface area contributed by atoms with Crippen LogP contribution in [0.2, 0.25) is 0 Å². The third-order valence-corrected chi connectivity index (χ3v) is 4.05. The number of guanidine groups is 1. The molecule has 0 saturated heterocycles. The van der Waals surface area contributed by atoms with Crippen molar-refractivity contribution in [3.63, 3.8) is 0 Å². The molecule has 2 heterocycles. The number of H-pyrrole nitrogens is 1. The third-order valence-electron chi connectivity index (χ3n) is 3.56. The Morgan fingerprint density at radius 2 is 2.00 bits per heavy atom. The van der Waals surface area contributed by atoms with Gasteiger partial charge in [-0.3, -0.25) is 0 Å². The van der Waals surface area contributed by atoms with Gasteiger partial charge in [-0.1, -0.05) is 40.2 Å². The number of para-hydroxylation sites is 2. The molecule has 104 valence electrons. The number of halogens is 1. The van der Waals surface area contributed by atoms with Crippen LogP contribution < -0.4 is 15.6 Å². The van der Waals surface area contributed by atoms with E-state index in [4.69, 9.17) is 5.73 Å². The topological polar surface area (TPSA) is 70.1 Å². The van der Waals surface area contributed by atoms with Gasteiger partial charge in [-0.25, -0.2) is 14.9 Å². The average molecular weight is 343 g/mol. The van der Waals surface area contributed by atoms with Crippen LogP contribution in [0.3, 0.4) is 0 Å². The van der Waals surface area contributed by atoms with Crippen molar-refractivity contribution in [1.29, 1.82) is 0 Å². The van der Waals surface area contributed by atoms with Crippen molar-refractivity contribution < 1.29 is 4.57 Å². The number of aliphatic imine (C=N–C) groups is 1. The molecule has 4 N–H and O–H groups in total. The first kappa shape index (κ1) is 12.4. The van der Waals surface area contributed by atoms with Gasteiger partial charge in [-0.05, 0) is 24.3 Å². The summed E-state index contributed by atoms with van der Waals surface area (Å²) in [6.45, 7) is 0. The van der Waals surface area contributed by atoms with Crippen LogP contribution in [0.4, 0.5) is 5.95 Å². The number of aromatic nitrogens is 2. The van der Waals surface area contributed by atoms with Gasteiger partial charge < -0.3 is 5.73 Å². The molecule has 0 spiro atoms. The van der Waals surface area contributed by atoms with Crippen LogP contribution in [0.1, 0.15) is 11.7 Å². The quantitative estimate of drug-likeness (QED) is 0.594. The lowest BCUT2D eigenvalue weighted by Gasteiger charge is -2.18. The molecule has 2 aromatic carbocycles. The average Bonchev–Trinajstić information content (AvgIpc) is 2.84. The van der Waals surface area contributed by atoms with Gasteiger partial charge in [0.2, 0.25) is 6.17 Å². The maximum atomic E-state index is 5.93. The zero-order valence-corrected chi connectivity index (χ0v) is 12.6. The Bertz CT molecular complexity index is 867. The molecule has 0 bridgehead atoms. The Morgan fingerprint density at radius 3 is 2.86 bits per heavy atom. The predicted molar refractivity (Wildman–Crippen MR) is 86.0 cm³/mol. The van der Waals surface area contributed by atoms with Crippen LogP contribution in [-0.2, 0) is 0 Å². The second-order valence-corrected chi connectivity index (χ2v) is 5.84. The minimum Gasteiger partial charge on any atom is -0.357 e. The van der Waals surface area contributed by atoms with E-state index in [1.807, 2.05) is 30.3 Å². The normalized spacial score (nSPS) is 17.2. The largest absolute Gasteiger partial charge is 0.365 e. The minimum atomic E-state index is -0.185. The fourth-order valence-electron chi connectivity index (χ4n) is 2.68. The standard InChI is InChI=1S/C15H12BrN5/c16-10-5-3-4-9(8-10)13-19-14(17)20-15-18-11-6-1-2-7-12(11)21(13)15/h1-8,13H,(H3,17,18,19,20)/p+1/t13-/m1/s1.